The van der Waals surface area contributed by atoms with E-state index in [4.69, 9.17) is 14.2 Å². The number of ketones is 1. The summed E-state index contributed by atoms with van der Waals surface area (Å²) in [4.78, 5) is 41.8. The van der Waals surface area contributed by atoms with Crippen molar-refractivity contribution in [1.29, 1.82) is 0 Å². The van der Waals surface area contributed by atoms with E-state index in [1.54, 1.807) is 11.8 Å². The van der Waals surface area contributed by atoms with Crippen molar-refractivity contribution < 1.29 is 28.6 Å². The first-order chi connectivity index (χ1) is 14.4. The first-order valence-electron chi connectivity index (χ1n) is 9.83. The molecule has 2 heterocycles. The summed E-state index contributed by atoms with van der Waals surface area (Å²) in [5.74, 6) is 0.344. The maximum atomic E-state index is 13.1. The topological polar surface area (TPSA) is 97.9 Å². The molecule has 0 saturated heterocycles. The molecule has 0 spiro atoms. The Morgan fingerprint density at radius 1 is 1.20 bits per heavy atom. The molecule has 30 heavy (non-hydrogen) atoms. The van der Waals surface area contributed by atoms with Gasteiger partial charge in [0.2, 0.25) is 5.91 Å². The van der Waals surface area contributed by atoms with Crippen LogP contribution in [0, 0.1) is 6.92 Å². The van der Waals surface area contributed by atoms with Crippen LogP contribution in [0.15, 0.2) is 18.2 Å². The van der Waals surface area contributed by atoms with E-state index in [0.717, 1.165) is 5.56 Å². The molecule has 2 aromatic rings. The SMILES string of the molecule is CCN(Cc1cccc2c1OCCO2)C(=O)Cc1[nH]c(C(C)=O)c(C)c1C(=O)OC. The van der Waals surface area contributed by atoms with Gasteiger partial charge in [0.1, 0.15) is 13.2 Å². The van der Waals surface area contributed by atoms with Gasteiger partial charge in [0.15, 0.2) is 17.3 Å². The summed E-state index contributed by atoms with van der Waals surface area (Å²) in [7, 11) is 1.27. The summed E-state index contributed by atoms with van der Waals surface area (Å²) in [6.45, 7) is 6.72. The number of likely N-dealkylation sites (N-methyl/N-ethyl adjacent to an activating group) is 1. The molecule has 160 valence electrons. The highest BCUT2D eigenvalue weighted by atomic mass is 16.6. The summed E-state index contributed by atoms with van der Waals surface area (Å²) in [5, 5.41) is 0. The lowest BCUT2D eigenvalue weighted by atomic mass is 10.1. The fourth-order valence-electron chi connectivity index (χ4n) is 3.63. The molecule has 8 heteroatoms. The number of aromatic amines is 1. The molecule has 0 fully saturated rings. The normalized spacial score (nSPS) is 12.4. The number of nitrogens with one attached hydrogen (secondary N) is 1. The van der Waals surface area contributed by atoms with E-state index in [1.807, 2.05) is 25.1 Å². The Kier molecular flexibility index (Phi) is 6.44. The predicted molar refractivity (Wildman–Crippen MR) is 109 cm³/mol. The maximum Gasteiger partial charge on any atom is 0.339 e. The summed E-state index contributed by atoms with van der Waals surface area (Å²) in [6.07, 6.45) is -0.0568. The molecule has 1 aromatic heterocycles. The van der Waals surface area contributed by atoms with Crippen LogP contribution >= 0.6 is 0 Å². The molecule has 0 radical (unpaired) electrons. The number of Topliss-reactive ketones (excluding diaryl/α,β-unsaturated/α-hetero) is 1. The van der Waals surface area contributed by atoms with E-state index in [9.17, 15) is 14.4 Å². The number of benzene rings is 1. The monoisotopic (exact) mass is 414 g/mol. The Labute approximate surface area is 175 Å². The van der Waals surface area contributed by atoms with Crippen LogP contribution in [0.25, 0.3) is 0 Å². The van der Waals surface area contributed by atoms with Crippen LogP contribution in [0.3, 0.4) is 0 Å². The number of hydrogen-bond donors (Lipinski definition) is 1. The molecular formula is C22H26N2O6. The summed E-state index contributed by atoms with van der Waals surface area (Å²) in [6, 6.07) is 5.60. The number of nitrogens with zero attached hydrogens (tertiary/aromatic N) is 1. The Hall–Kier alpha value is -3.29. The number of fused-ring (bicyclic) bond motifs is 1. The number of carbonyl (C=O) groups excluding carboxylic acids is 3. The molecule has 8 nitrogen and oxygen atoms in total. The van der Waals surface area contributed by atoms with Crippen molar-refractivity contribution in [3.8, 4) is 11.5 Å². The number of carbonyl (C=O) groups is 3. The number of amides is 1. The number of rotatable bonds is 7. The molecule has 0 aliphatic carbocycles. The Bertz CT molecular complexity index is 978. The van der Waals surface area contributed by atoms with E-state index in [0.29, 0.717) is 54.8 Å². The number of methoxy groups -OCH3 is 1. The van der Waals surface area contributed by atoms with Gasteiger partial charge < -0.3 is 24.1 Å². The second kappa shape index (κ2) is 9.02. The zero-order chi connectivity index (χ0) is 21.8. The van der Waals surface area contributed by atoms with Gasteiger partial charge in [-0.1, -0.05) is 12.1 Å². The third-order valence-corrected chi connectivity index (χ3v) is 5.14. The van der Waals surface area contributed by atoms with Crippen molar-refractivity contribution >= 4 is 17.7 Å². The Balaban J connectivity index is 1.85. The molecule has 1 N–H and O–H groups in total. The number of esters is 1. The molecule has 0 unspecified atom stereocenters. The van der Waals surface area contributed by atoms with Gasteiger partial charge in [-0.15, -0.1) is 0 Å². The van der Waals surface area contributed by atoms with Crippen LogP contribution in [0.1, 0.15) is 51.5 Å². The van der Waals surface area contributed by atoms with Gasteiger partial charge in [-0.25, -0.2) is 4.79 Å². The largest absolute Gasteiger partial charge is 0.486 e. The zero-order valence-corrected chi connectivity index (χ0v) is 17.7. The molecule has 0 saturated carbocycles. The highest BCUT2D eigenvalue weighted by Crippen LogP contribution is 2.34. The van der Waals surface area contributed by atoms with Crippen molar-refractivity contribution in [2.24, 2.45) is 0 Å². The molecule has 1 aromatic carbocycles. The molecule has 1 aliphatic heterocycles. The number of aromatic nitrogens is 1. The van der Waals surface area contributed by atoms with Crippen LogP contribution in [-0.4, -0.2) is 54.4 Å². The fraction of sp³-hybridized carbons (Fsp3) is 0.409. The van der Waals surface area contributed by atoms with Crippen LogP contribution in [0.5, 0.6) is 11.5 Å². The van der Waals surface area contributed by atoms with E-state index >= 15 is 0 Å². The maximum absolute atomic E-state index is 13.1. The van der Waals surface area contributed by atoms with E-state index in [-0.39, 0.29) is 23.7 Å². The lowest BCUT2D eigenvalue weighted by molar-refractivity contribution is -0.130. The number of ether oxygens (including phenoxy) is 3. The van der Waals surface area contributed by atoms with Gasteiger partial charge >= 0.3 is 5.97 Å². The molecule has 0 atom stereocenters. The summed E-state index contributed by atoms with van der Waals surface area (Å²) >= 11 is 0. The number of hydrogen-bond acceptors (Lipinski definition) is 6. The van der Waals surface area contributed by atoms with Gasteiger partial charge in [-0.2, -0.15) is 0 Å². The zero-order valence-electron chi connectivity index (χ0n) is 17.7. The summed E-state index contributed by atoms with van der Waals surface area (Å²) in [5.41, 5.74) is 2.26. The third kappa shape index (κ3) is 4.17. The van der Waals surface area contributed by atoms with Crippen molar-refractivity contribution in [2.75, 3.05) is 26.9 Å². The van der Waals surface area contributed by atoms with Crippen molar-refractivity contribution in [2.45, 2.75) is 33.7 Å². The molecule has 0 bridgehead atoms. The van der Waals surface area contributed by atoms with Crippen molar-refractivity contribution in [3.63, 3.8) is 0 Å². The van der Waals surface area contributed by atoms with Gasteiger partial charge in [0, 0.05) is 31.3 Å². The molecule has 1 aliphatic rings. The lowest BCUT2D eigenvalue weighted by Gasteiger charge is -2.25. The van der Waals surface area contributed by atoms with Crippen LogP contribution < -0.4 is 9.47 Å². The van der Waals surface area contributed by atoms with Crippen molar-refractivity contribution in [3.05, 3.63) is 46.3 Å². The lowest BCUT2D eigenvalue weighted by Crippen LogP contribution is -2.32. The average Bonchev–Trinajstić information content (AvgIpc) is 3.07. The fourth-order valence-corrected chi connectivity index (χ4v) is 3.63. The van der Waals surface area contributed by atoms with Crippen LogP contribution in [0.2, 0.25) is 0 Å². The van der Waals surface area contributed by atoms with Gasteiger partial charge in [0.05, 0.1) is 24.8 Å². The minimum Gasteiger partial charge on any atom is -0.486 e. The molecular weight excluding hydrogens is 388 g/mol. The van der Waals surface area contributed by atoms with Gasteiger partial charge in [0.25, 0.3) is 0 Å². The highest BCUT2D eigenvalue weighted by molar-refractivity contribution is 6.01. The first-order valence-corrected chi connectivity index (χ1v) is 9.83. The van der Waals surface area contributed by atoms with E-state index in [2.05, 4.69) is 4.98 Å². The Morgan fingerprint density at radius 3 is 2.60 bits per heavy atom. The standard InChI is InChI=1S/C22H26N2O6/c1-5-24(12-15-7-6-8-17-21(15)30-10-9-29-17)18(26)11-16-19(22(27)28-4)13(2)20(23-16)14(3)25/h6-8,23H,5,9-12H2,1-4H3. The minimum atomic E-state index is -0.579. The highest BCUT2D eigenvalue weighted by Gasteiger charge is 2.26. The number of para-hydroxylation sites is 1. The van der Waals surface area contributed by atoms with Crippen LogP contribution in [0.4, 0.5) is 0 Å². The second-order valence-electron chi connectivity index (χ2n) is 7.05. The average molecular weight is 414 g/mol. The predicted octanol–water partition coefficient (Wildman–Crippen LogP) is 2.67. The van der Waals surface area contributed by atoms with E-state index < -0.39 is 5.97 Å². The molecule has 3 rings (SSSR count). The summed E-state index contributed by atoms with van der Waals surface area (Å²) < 4.78 is 16.2. The minimum absolute atomic E-state index is 0.0568. The smallest absolute Gasteiger partial charge is 0.339 e. The second-order valence-corrected chi connectivity index (χ2v) is 7.05. The molecule has 1 amide bonds. The van der Waals surface area contributed by atoms with Crippen LogP contribution in [-0.2, 0) is 22.5 Å². The van der Waals surface area contributed by atoms with Gasteiger partial charge in [-0.3, -0.25) is 9.59 Å². The third-order valence-electron chi connectivity index (χ3n) is 5.14. The van der Waals surface area contributed by atoms with Crippen molar-refractivity contribution in [1.82, 2.24) is 9.88 Å². The first kappa shape index (κ1) is 21.4. The Morgan fingerprint density at radius 2 is 1.93 bits per heavy atom. The van der Waals surface area contributed by atoms with Gasteiger partial charge in [-0.05, 0) is 25.5 Å². The van der Waals surface area contributed by atoms with E-state index in [1.165, 1.54) is 14.0 Å². The quantitative estimate of drug-likeness (QED) is 0.553. The number of H-pyrrole nitrogens is 1.